The molecule has 0 atom stereocenters. The van der Waals surface area contributed by atoms with Crippen molar-refractivity contribution in [1.82, 2.24) is 15.2 Å². The molecule has 2 aromatic heterocycles. The lowest BCUT2D eigenvalue weighted by Crippen LogP contribution is -2.14. The monoisotopic (exact) mass is 443 g/mol. The van der Waals surface area contributed by atoms with Crippen LogP contribution < -0.4 is 10.1 Å². The molecule has 0 aliphatic heterocycles. The van der Waals surface area contributed by atoms with Gasteiger partial charge in [-0.2, -0.15) is 5.26 Å². The Morgan fingerprint density at radius 1 is 1.37 bits per heavy atom. The quantitative estimate of drug-likeness (QED) is 0.534. The number of aryl methyl sites for hydroxylation is 1. The highest BCUT2D eigenvalue weighted by atomic mass is 32.2. The van der Waals surface area contributed by atoms with Crippen LogP contribution in [0.3, 0.4) is 0 Å². The van der Waals surface area contributed by atoms with Crippen LogP contribution in [0.2, 0.25) is 0 Å². The molecule has 0 radical (unpaired) electrons. The summed E-state index contributed by atoms with van der Waals surface area (Å²) in [7, 11) is 0. The lowest BCUT2D eigenvalue weighted by atomic mass is 9.96. The van der Waals surface area contributed by atoms with Crippen molar-refractivity contribution in [3.05, 3.63) is 51.9 Å². The highest BCUT2D eigenvalue weighted by molar-refractivity contribution is 7.99. The molecular weight excluding hydrogens is 425 g/mol. The highest BCUT2D eigenvalue weighted by Gasteiger charge is 2.22. The number of carbonyl (C=O) groups excluding carboxylic acids is 1. The number of ether oxygens (including phenoxy) is 1. The van der Waals surface area contributed by atoms with E-state index in [9.17, 15) is 14.4 Å². The Labute approximate surface area is 180 Å². The Bertz CT molecular complexity index is 1110. The molecule has 0 bridgehead atoms. The van der Waals surface area contributed by atoms with Gasteiger partial charge in [0.1, 0.15) is 17.7 Å². The Morgan fingerprint density at radius 3 is 3.03 bits per heavy atom. The summed E-state index contributed by atoms with van der Waals surface area (Å²) in [6.07, 6.45) is 4.06. The molecule has 10 heteroatoms. The largest absolute Gasteiger partial charge is 0.483 e. The first-order valence-corrected chi connectivity index (χ1v) is 11.2. The molecule has 1 aromatic carbocycles. The smallest absolute Gasteiger partial charge is 0.235 e. The summed E-state index contributed by atoms with van der Waals surface area (Å²) in [5.74, 6) is 0.00596. The molecule has 2 N–H and O–H groups in total. The molecule has 30 heavy (non-hydrogen) atoms. The van der Waals surface area contributed by atoms with Gasteiger partial charge in [-0.3, -0.25) is 9.89 Å². The molecule has 0 saturated heterocycles. The third-order valence-electron chi connectivity index (χ3n) is 4.58. The van der Waals surface area contributed by atoms with Gasteiger partial charge in [-0.25, -0.2) is 9.37 Å². The topological polar surface area (TPSA) is 104 Å². The van der Waals surface area contributed by atoms with E-state index < -0.39 is 5.82 Å². The van der Waals surface area contributed by atoms with E-state index in [-0.39, 0.29) is 24.0 Å². The van der Waals surface area contributed by atoms with Crippen LogP contribution in [-0.2, 0) is 24.2 Å². The van der Waals surface area contributed by atoms with Crippen molar-refractivity contribution in [1.29, 1.82) is 5.26 Å². The summed E-state index contributed by atoms with van der Waals surface area (Å²) in [5.41, 5.74) is 1.68. The minimum absolute atomic E-state index is 0.0347. The second kappa shape index (κ2) is 9.28. The number of para-hydroxylation sites is 1. The fourth-order valence-electron chi connectivity index (χ4n) is 3.18. The highest BCUT2D eigenvalue weighted by Crippen LogP contribution is 2.37. The first kappa shape index (κ1) is 20.4. The lowest BCUT2D eigenvalue weighted by Gasteiger charge is -2.09. The number of thioether (sulfide) groups is 1. The third kappa shape index (κ3) is 4.63. The standard InChI is InChI=1S/C20H18FN5O2S2/c21-14-6-2-3-7-15(14)28-10-17-23-20(26-25-17)29-11-18(27)24-19-13(9-22)12-5-1-4-8-16(12)30-19/h2-3,6-7H,1,4-5,8,10-11H2,(H,24,27)(H,23,25,26). The Kier molecular flexibility index (Phi) is 6.30. The van der Waals surface area contributed by atoms with E-state index in [1.54, 1.807) is 12.1 Å². The molecular formula is C20H18FN5O2S2. The van der Waals surface area contributed by atoms with Crippen molar-refractivity contribution >= 4 is 34.0 Å². The average molecular weight is 444 g/mol. The predicted molar refractivity (Wildman–Crippen MR) is 112 cm³/mol. The van der Waals surface area contributed by atoms with Crippen molar-refractivity contribution in [2.24, 2.45) is 0 Å². The number of halogens is 1. The third-order valence-corrected chi connectivity index (χ3v) is 6.64. The number of nitriles is 1. The van der Waals surface area contributed by atoms with E-state index in [1.165, 1.54) is 40.1 Å². The summed E-state index contributed by atoms with van der Waals surface area (Å²) in [6, 6.07) is 8.35. The Morgan fingerprint density at radius 2 is 2.20 bits per heavy atom. The van der Waals surface area contributed by atoms with Gasteiger partial charge in [-0.05, 0) is 43.4 Å². The molecule has 0 spiro atoms. The summed E-state index contributed by atoms with van der Waals surface area (Å²) < 4.78 is 19.0. The molecule has 7 nitrogen and oxygen atoms in total. The maximum atomic E-state index is 13.6. The van der Waals surface area contributed by atoms with Crippen LogP contribution >= 0.6 is 23.1 Å². The number of rotatable bonds is 7. The summed E-state index contributed by atoms with van der Waals surface area (Å²) in [4.78, 5) is 17.8. The molecule has 0 unspecified atom stereocenters. The number of amides is 1. The number of H-pyrrole nitrogens is 1. The van der Waals surface area contributed by atoms with Crippen LogP contribution in [0.25, 0.3) is 0 Å². The number of nitrogens with zero attached hydrogens (tertiary/aromatic N) is 3. The predicted octanol–water partition coefficient (Wildman–Crippen LogP) is 4.07. The number of hydrogen-bond acceptors (Lipinski definition) is 7. The van der Waals surface area contributed by atoms with E-state index in [4.69, 9.17) is 4.74 Å². The van der Waals surface area contributed by atoms with E-state index in [0.717, 1.165) is 31.2 Å². The number of carbonyl (C=O) groups is 1. The molecule has 3 aromatic rings. The van der Waals surface area contributed by atoms with E-state index in [0.29, 0.717) is 21.5 Å². The van der Waals surface area contributed by atoms with Crippen LogP contribution in [0.5, 0.6) is 5.75 Å². The van der Waals surface area contributed by atoms with Gasteiger partial charge in [0.15, 0.2) is 17.4 Å². The van der Waals surface area contributed by atoms with Gasteiger partial charge in [0.2, 0.25) is 11.1 Å². The second-order valence-corrected chi connectivity index (χ2v) is 8.70. The number of thiophene rings is 1. The Hall–Kier alpha value is -2.90. The molecule has 4 rings (SSSR count). The van der Waals surface area contributed by atoms with E-state index >= 15 is 0 Å². The number of anilines is 1. The fourth-order valence-corrected chi connectivity index (χ4v) is 5.05. The van der Waals surface area contributed by atoms with Gasteiger partial charge in [0, 0.05) is 4.88 Å². The number of aromatic nitrogens is 3. The van der Waals surface area contributed by atoms with Crippen molar-refractivity contribution in [3.63, 3.8) is 0 Å². The van der Waals surface area contributed by atoms with Gasteiger partial charge in [-0.15, -0.1) is 16.4 Å². The first-order valence-electron chi connectivity index (χ1n) is 9.40. The normalized spacial score (nSPS) is 12.8. The maximum absolute atomic E-state index is 13.6. The van der Waals surface area contributed by atoms with Crippen molar-refractivity contribution < 1.29 is 13.9 Å². The van der Waals surface area contributed by atoms with Gasteiger partial charge >= 0.3 is 0 Å². The van der Waals surface area contributed by atoms with E-state index in [1.807, 2.05) is 0 Å². The molecule has 1 aliphatic rings. The van der Waals surface area contributed by atoms with E-state index in [2.05, 4.69) is 26.6 Å². The zero-order valence-corrected chi connectivity index (χ0v) is 17.5. The zero-order valence-electron chi connectivity index (χ0n) is 15.9. The number of aromatic amines is 1. The van der Waals surface area contributed by atoms with Crippen LogP contribution in [-0.4, -0.2) is 26.8 Å². The summed E-state index contributed by atoms with van der Waals surface area (Å²) in [6.45, 7) is 0.0347. The van der Waals surface area contributed by atoms with Crippen LogP contribution in [0.4, 0.5) is 9.39 Å². The molecule has 1 aliphatic carbocycles. The number of benzene rings is 1. The second-order valence-electron chi connectivity index (χ2n) is 6.65. The lowest BCUT2D eigenvalue weighted by molar-refractivity contribution is -0.113. The van der Waals surface area contributed by atoms with Crippen molar-refractivity contribution in [2.75, 3.05) is 11.1 Å². The van der Waals surface area contributed by atoms with Crippen LogP contribution in [0.1, 0.15) is 34.7 Å². The number of fused-ring (bicyclic) bond motifs is 1. The zero-order chi connectivity index (χ0) is 20.9. The molecule has 0 saturated carbocycles. The van der Waals surface area contributed by atoms with Gasteiger partial charge in [-0.1, -0.05) is 23.9 Å². The van der Waals surface area contributed by atoms with Gasteiger partial charge < -0.3 is 10.1 Å². The minimum atomic E-state index is -0.449. The molecule has 1 amide bonds. The van der Waals surface area contributed by atoms with Crippen LogP contribution in [0.15, 0.2) is 29.4 Å². The van der Waals surface area contributed by atoms with Gasteiger partial charge in [0.25, 0.3) is 0 Å². The minimum Gasteiger partial charge on any atom is -0.483 e. The summed E-state index contributed by atoms with van der Waals surface area (Å²) >= 11 is 2.67. The van der Waals surface area contributed by atoms with Crippen molar-refractivity contribution in [2.45, 2.75) is 37.4 Å². The molecule has 2 heterocycles. The van der Waals surface area contributed by atoms with Gasteiger partial charge in [0.05, 0.1) is 11.3 Å². The molecule has 0 fully saturated rings. The first-order chi connectivity index (χ1) is 14.6. The van der Waals surface area contributed by atoms with Crippen molar-refractivity contribution in [3.8, 4) is 11.8 Å². The Balaban J connectivity index is 1.30. The summed E-state index contributed by atoms with van der Waals surface area (Å²) in [5, 5.41) is 20.1. The average Bonchev–Trinajstić information content (AvgIpc) is 3.35. The number of hydrogen-bond donors (Lipinski definition) is 2. The maximum Gasteiger partial charge on any atom is 0.235 e. The van der Waals surface area contributed by atoms with Crippen LogP contribution in [0, 0.1) is 17.1 Å². The molecule has 154 valence electrons. The number of nitrogens with one attached hydrogen (secondary N) is 2. The fraction of sp³-hybridized carbons (Fsp3) is 0.300. The SMILES string of the molecule is N#Cc1c(NC(=O)CSc2n[nH]c(COc3ccccc3F)n2)sc2c1CCCC2.